The fourth-order valence-corrected chi connectivity index (χ4v) is 3.97. The van der Waals surface area contributed by atoms with Crippen LogP contribution in [0.3, 0.4) is 0 Å². The number of aryl methyl sites for hydroxylation is 2. The van der Waals surface area contributed by atoms with E-state index in [4.69, 9.17) is 5.84 Å². The van der Waals surface area contributed by atoms with E-state index in [9.17, 15) is 4.39 Å². The van der Waals surface area contributed by atoms with Crippen molar-refractivity contribution in [2.24, 2.45) is 5.84 Å². The number of halogens is 1. The molecule has 3 N–H and O–H groups in total. The SMILES string of the molecule is NNC(Cc1ccccc1F)c1cc2c(s1)CCC2. The van der Waals surface area contributed by atoms with Crippen LogP contribution in [0.5, 0.6) is 0 Å². The first-order valence-electron chi connectivity index (χ1n) is 6.59. The number of fused-ring (bicyclic) bond motifs is 1. The van der Waals surface area contributed by atoms with Gasteiger partial charge in [0.15, 0.2) is 0 Å². The summed E-state index contributed by atoms with van der Waals surface area (Å²) in [7, 11) is 0. The second-order valence-corrected chi connectivity index (χ2v) is 6.13. The van der Waals surface area contributed by atoms with Crippen LogP contribution in [0.2, 0.25) is 0 Å². The number of nitrogens with two attached hydrogens (primary N) is 1. The molecule has 0 fully saturated rings. The van der Waals surface area contributed by atoms with Gasteiger partial charge in [-0.15, -0.1) is 11.3 Å². The van der Waals surface area contributed by atoms with E-state index < -0.39 is 0 Å². The third-order valence-electron chi connectivity index (χ3n) is 3.69. The summed E-state index contributed by atoms with van der Waals surface area (Å²) >= 11 is 1.81. The first-order chi connectivity index (χ1) is 9.28. The average Bonchev–Trinajstić information content (AvgIpc) is 2.98. The van der Waals surface area contributed by atoms with Crippen LogP contribution in [0.1, 0.15) is 33.3 Å². The van der Waals surface area contributed by atoms with Crippen molar-refractivity contribution in [3.8, 4) is 0 Å². The van der Waals surface area contributed by atoms with E-state index in [0.29, 0.717) is 12.0 Å². The van der Waals surface area contributed by atoms with Gasteiger partial charge in [-0.3, -0.25) is 11.3 Å². The van der Waals surface area contributed by atoms with Gasteiger partial charge in [-0.2, -0.15) is 0 Å². The van der Waals surface area contributed by atoms with Gasteiger partial charge in [0.2, 0.25) is 0 Å². The molecule has 0 aliphatic heterocycles. The van der Waals surface area contributed by atoms with Crippen LogP contribution < -0.4 is 11.3 Å². The molecule has 4 heteroatoms. The lowest BCUT2D eigenvalue weighted by molar-refractivity contribution is 0.535. The molecule has 2 aromatic rings. The Kier molecular flexibility index (Phi) is 3.64. The van der Waals surface area contributed by atoms with Crippen LogP contribution in [0.4, 0.5) is 4.39 Å². The van der Waals surface area contributed by atoms with Crippen molar-refractivity contribution in [2.75, 3.05) is 0 Å². The van der Waals surface area contributed by atoms with Crippen LogP contribution in [0.15, 0.2) is 30.3 Å². The molecule has 3 rings (SSSR count). The van der Waals surface area contributed by atoms with E-state index in [0.717, 1.165) is 0 Å². The predicted octanol–water partition coefficient (Wildman–Crippen LogP) is 3.12. The van der Waals surface area contributed by atoms with Crippen molar-refractivity contribution < 1.29 is 4.39 Å². The number of hydrogen-bond acceptors (Lipinski definition) is 3. The highest BCUT2D eigenvalue weighted by Gasteiger charge is 2.20. The number of hydrazine groups is 1. The van der Waals surface area contributed by atoms with Gasteiger partial charge in [-0.25, -0.2) is 4.39 Å². The highest BCUT2D eigenvalue weighted by molar-refractivity contribution is 7.12. The molecule has 19 heavy (non-hydrogen) atoms. The molecule has 0 radical (unpaired) electrons. The molecule has 1 aliphatic rings. The minimum atomic E-state index is -0.160. The minimum Gasteiger partial charge on any atom is -0.271 e. The molecule has 1 heterocycles. The molecule has 0 saturated heterocycles. The highest BCUT2D eigenvalue weighted by atomic mass is 32.1. The average molecular weight is 276 g/mol. The number of nitrogens with one attached hydrogen (secondary N) is 1. The zero-order chi connectivity index (χ0) is 13.2. The summed E-state index contributed by atoms with van der Waals surface area (Å²) in [6.07, 6.45) is 4.19. The third-order valence-corrected chi connectivity index (χ3v) is 5.04. The van der Waals surface area contributed by atoms with Crippen molar-refractivity contribution in [1.82, 2.24) is 5.43 Å². The Morgan fingerprint density at radius 2 is 2.16 bits per heavy atom. The van der Waals surface area contributed by atoms with Crippen LogP contribution in [-0.2, 0) is 19.3 Å². The lowest BCUT2D eigenvalue weighted by Gasteiger charge is -2.14. The second kappa shape index (κ2) is 5.41. The van der Waals surface area contributed by atoms with Gasteiger partial charge in [-0.05, 0) is 48.9 Å². The Morgan fingerprint density at radius 1 is 1.32 bits per heavy atom. The van der Waals surface area contributed by atoms with E-state index in [1.165, 1.54) is 40.6 Å². The summed E-state index contributed by atoms with van der Waals surface area (Å²) < 4.78 is 13.7. The molecule has 0 amide bonds. The molecular formula is C15H17FN2S. The number of thiophene rings is 1. The molecule has 0 bridgehead atoms. The molecule has 100 valence electrons. The van der Waals surface area contributed by atoms with Crippen LogP contribution in [0, 0.1) is 5.82 Å². The van der Waals surface area contributed by atoms with E-state index in [-0.39, 0.29) is 11.9 Å². The molecular weight excluding hydrogens is 259 g/mol. The normalized spacial score (nSPS) is 15.5. The zero-order valence-electron chi connectivity index (χ0n) is 10.7. The standard InChI is InChI=1S/C15H17FN2S/c16-12-6-2-1-4-10(12)8-13(18-17)15-9-11-5-3-7-14(11)19-15/h1-2,4,6,9,13,18H,3,5,7-8,17H2. The molecule has 1 aromatic carbocycles. The van der Waals surface area contributed by atoms with Gasteiger partial charge >= 0.3 is 0 Å². The first kappa shape index (κ1) is 12.8. The Labute approximate surface area is 116 Å². The minimum absolute atomic E-state index is 0.00694. The summed E-state index contributed by atoms with van der Waals surface area (Å²) in [5.41, 5.74) is 4.99. The Hall–Kier alpha value is -1.23. The van der Waals surface area contributed by atoms with E-state index >= 15 is 0 Å². The quantitative estimate of drug-likeness (QED) is 0.665. The summed E-state index contributed by atoms with van der Waals surface area (Å²) in [6.45, 7) is 0. The topological polar surface area (TPSA) is 38.0 Å². The first-order valence-corrected chi connectivity index (χ1v) is 7.40. The lowest BCUT2D eigenvalue weighted by Crippen LogP contribution is -2.29. The van der Waals surface area contributed by atoms with Gasteiger partial charge in [0.05, 0.1) is 6.04 Å². The van der Waals surface area contributed by atoms with Gasteiger partial charge < -0.3 is 0 Å². The summed E-state index contributed by atoms with van der Waals surface area (Å²) in [6, 6.07) is 9.12. The van der Waals surface area contributed by atoms with Crippen molar-refractivity contribution in [3.63, 3.8) is 0 Å². The highest BCUT2D eigenvalue weighted by Crippen LogP contribution is 2.34. The summed E-state index contributed by atoms with van der Waals surface area (Å²) in [4.78, 5) is 2.69. The largest absolute Gasteiger partial charge is 0.271 e. The Balaban J connectivity index is 1.82. The maximum Gasteiger partial charge on any atom is 0.126 e. The van der Waals surface area contributed by atoms with Gasteiger partial charge in [0.25, 0.3) is 0 Å². The molecule has 0 spiro atoms. The van der Waals surface area contributed by atoms with Gasteiger partial charge in [-0.1, -0.05) is 18.2 Å². The molecule has 1 atom stereocenters. The Bertz CT molecular complexity index is 558. The predicted molar refractivity (Wildman–Crippen MR) is 76.5 cm³/mol. The summed E-state index contributed by atoms with van der Waals surface area (Å²) in [5.74, 6) is 5.50. The zero-order valence-corrected chi connectivity index (χ0v) is 11.5. The maximum atomic E-state index is 13.7. The summed E-state index contributed by atoms with van der Waals surface area (Å²) in [5, 5.41) is 0. The fraction of sp³-hybridized carbons (Fsp3) is 0.333. The molecule has 1 aromatic heterocycles. The second-order valence-electron chi connectivity index (χ2n) is 4.97. The van der Waals surface area contributed by atoms with Gasteiger partial charge in [0.1, 0.15) is 5.82 Å². The van der Waals surface area contributed by atoms with Crippen LogP contribution >= 0.6 is 11.3 Å². The van der Waals surface area contributed by atoms with Crippen molar-refractivity contribution in [2.45, 2.75) is 31.7 Å². The van der Waals surface area contributed by atoms with Crippen molar-refractivity contribution >= 4 is 11.3 Å². The van der Waals surface area contributed by atoms with Crippen molar-refractivity contribution in [1.29, 1.82) is 0 Å². The van der Waals surface area contributed by atoms with Crippen molar-refractivity contribution in [3.05, 3.63) is 57.0 Å². The van der Waals surface area contributed by atoms with E-state index in [1.807, 2.05) is 23.5 Å². The molecule has 2 nitrogen and oxygen atoms in total. The van der Waals surface area contributed by atoms with E-state index in [2.05, 4.69) is 11.5 Å². The fourth-order valence-electron chi connectivity index (χ4n) is 2.65. The molecule has 1 aliphatic carbocycles. The lowest BCUT2D eigenvalue weighted by atomic mass is 10.0. The number of rotatable bonds is 4. The number of benzene rings is 1. The van der Waals surface area contributed by atoms with Crippen LogP contribution in [0.25, 0.3) is 0 Å². The molecule has 0 saturated carbocycles. The third kappa shape index (κ3) is 2.56. The Morgan fingerprint density at radius 3 is 2.89 bits per heavy atom. The van der Waals surface area contributed by atoms with E-state index in [1.54, 1.807) is 6.07 Å². The smallest absolute Gasteiger partial charge is 0.126 e. The molecule has 1 unspecified atom stereocenters. The van der Waals surface area contributed by atoms with Crippen LogP contribution in [-0.4, -0.2) is 0 Å². The monoisotopic (exact) mass is 276 g/mol. The number of hydrogen-bond donors (Lipinski definition) is 2. The maximum absolute atomic E-state index is 13.7. The van der Waals surface area contributed by atoms with Gasteiger partial charge in [0, 0.05) is 9.75 Å².